The monoisotopic (exact) mass is 375 g/mol. The number of carbonyl (C=O) groups is 1. The van der Waals surface area contributed by atoms with Crippen molar-refractivity contribution < 1.29 is 14.3 Å². The first-order valence-electron chi connectivity index (χ1n) is 8.73. The van der Waals surface area contributed by atoms with E-state index in [9.17, 15) is 4.79 Å². The van der Waals surface area contributed by atoms with Crippen LogP contribution in [0.1, 0.15) is 35.5 Å². The average molecular weight is 375 g/mol. The summed E-state index contributed by atoms with van der Waals surface area (Å²) in [6, 6.07) is 5.41. The second-order valence-electron chi connectivity index (χ2n) is 6.73. The summed E-state index contributed by atoms with van der Waals surface area (Å²) in [4.78, 5) is 19.3. The third kappa shape index (κ3) is 4.60. The smallest absolute Gasteiger partial charge is 0.257 e. The summed E-state index contributed by atoms with van der Waals surface area (Å²) in [6.07, 6.45) is 0.459. The molecule has 0 spiro atoms. The van der Waals surface area contributed by atoms with Gasteiger partial charge in [-0.2, -0.15) is 0 Å². The maximum absolute atomic E-state index is 12.5. The summed E-state index contributed by atoms with van der Waals surface area (Å²) in [5, 5.41) is 5.48. The zero-order chi connectivity index (χ0) is 18.7. The topological polar surface area (TPSA) is 63.7 Å². The molecule has 1 aliphatic heterocycles. The highest BCUT2D eigenvalue weighted by Gasteiger charge is 2.22. The molecular weight excluding hydrogens is 350 g/mol. The fraction of sp³-hybridized carbons (Fsp3) is 0.474. The molecule has 7 heteroatoms. The number of rotatable bonds is 5. The standard InChI is InChI=1S/C19H25N3O3S/c1-12-5-6-15(7-17(12)24-4)18(23)21-19-20-16(11-26-19)10-22-8-13(2)25-14(3)9-22/h5-7,11,13-14H,8-10H2,1-4H3,(H,20,21,23). The molecule has 3 rings (SSSR count). The second kappa shape index (κ2) is 8.16. The number of morpholine rings is 1. The number of aryl methyl sites for hydroxylation is 1. The summed E-state index contributed by atoms with van der Waals surface area (Å²) in [5.41, 5.74) is 2.52. The van der Waals surface area contributed by atoms with Gasteiger partial charge in [-0.05, 0) is 38.5 Å². The molecule has 1 aliphatic rings. The lowest BCUT2D eigenvalue weighted by molar-refractivity contribution is -0.0707. The van der Waals surface area contributed by atoms with Crippen molar-refractivity contribution in [3.8, 4) is 5.75 Å². The molecule has 0 aliphatic carbocycles. The number of hydrogen-bond donors (Lipinski definition) is 1. The van der Waals surface area contributed by atoms with Crippen LogP contribution in [0.4, 0.5) is 5.13 Å². The Kier molecular flexibility index (Phi) is 5.90. The Balaban J connectivity index is 1.62. The molecule has 2 heterocycles. The van der Waals surface area contributed by atoms with Crippen molar-refractivity contribution in [1.82, 2.24) is 9.88 Å². The van der Waals surface area contributed by atoms with Crippen molar-refractivity contribution in [2.75, 3.05) is 25.5 Å². The van der Waals surface area contributed by atoms with Crippen LogP contribution in [0.25, 0.3) is 0 Å². The predicted octanol–water partition coefficient (Wildman–Crippen LogP) is 3.32. The van der Waals surface area contributed by atoms with Gasteiger partial charge in [0.2, 0.25) is 0 Å². The molecule has 2 unspecified atom stereocenters. The molecular formula is C19H25N3O3S. The summed E-state index contributed by atoms with van der Waals surface area (Å²) >= 11 is 1.44. The normalized spacial score (nSPS) is 20.8. The van der Waals surface area contributed by atoms with Crippen molar-refractivity contribution in [2.24, 2.45) is 0 Å². The van der Waals surface area contributed by atoms with E-state index < -0.39 is 0 Å². The SMILES string of the molecule is COc1cc(C(=O)Nc2nc(CN3CC(C)OC(C)C3)cs2)ccc1C. The lowest BCUT2D eigenvalue weighted by atomic mass is 10.1. The molecule has 2 atom stereocenters. The van der Waals surface area contributed by atoms with Crippen LogP contribution >= 0.6 is 11.3 Å². The number of benzene rings is 1. The molecule has 2 aromatic rings. The Morgan fingerprint density at radius 2 is 2.12 bits per heavy atom. The minimum Gasteiger partial charge on any atom is -0.496 e. The van der Waals surface area contributed by atoms with E-state index in [-0.39, 0.29) is 18.1 Å². The Morgan fingerprint density at radius 3 is 2.81 bits per heavy atom. The predicted molar refractivity (Wildman–Crippen MR) is 103 cm³/mol. The number of nitrogens with zero attached hydrogens (tertiary/aromatic N) is 2. The fourth-order valence-corrected chi connectivity index (χ4v) is 3.91. The molecule has 0 radical (unpaired) electrons. The maximum atomic E-state index is 12.5. The number of aromatic nitrogens is 1. The number of amides is 1. The molecule has 0 saturated carbocycles. The van der Waals surface area contributed by atoms with Crippen LogP contribution < -0.4 is 10.1 Å². The van der Waals surface area contributed by atoms with Crippen LogP contribution in [0, 0.1) is 6.92 Å². The first kappa shape index (κ1) is 18.8. The maximum Gasteiger partial charge on any atom is 0.257 e. The first-order chi connectivity index (χ1) is 12.4. The van der Waals surface area contributed by atoms with Gasteiger partial charge in [0.1, 0.15) is 5.75 Å². The molecule has 26 heavy (non-hydrogen) atoms. The zero-order valence-electron chi connectivity index (χ0n) is 15.6. The average Bonchev–Trinajstić information content (AvgIpc) is 3.01. The highest BCUT2D eigenvalue weighted by atomic mass is 32.1. The highest BCUT2D eigenvalue weighted by Crippen LogP contribution is 2.22. The second-order valence-corrected chi connectivity index (χ2v) is 7.59. The minimum absolute atomic E-state index is 0.183. The molecule has 140 valence electrons. The number of ether oxygens (including phenoxy) is 2. The Hall–Kier alpha value is -1.96. The number of anilines is 1. The van der Waals surface area contributed by atoms with Crippen molar-refractivity contribution in [1.29, 1.82) is 0 Å². The zero-order valence-corrected chi connectivity index (χ0v) is 16.4. The van der Waals surface area contributed by atoms with Crippen LogP contribution in [0.15, 0.2) is 23.6 Å². The molecule has 1 aromatic carbocycles. The molecule has 1 N–H and O–H groups in total. The summed E-state index contributed by atoms with van der Waals surface area (Å²) < 4.78 is 11.0. The van der Waals surface area contributed by atoms with Gasteiger partial charge in [-0.25, -0.2) is 4.98 Å². The van der Waals surface area contributed by atoms with Crippen LogP contribution in [0.3, 0.4) is 0 Å². The van der Waals surface area contributed by atoms with Gasteiger partial charge in [0, 0.05) is 30.6 Å². The third-order valence-electron chi connectivity index (χ3n) is 4.32. The number of nitrogens with one attached hydrogen (secondary N) is 1. The van der Waals surface area contributed by atoms with E-state index in [4.69, 9.17) is 9.47 Å². The van der Waals surface area contributed by atoms with Gasteiger partial charge < -0.3 is 9.47 Å². The van der Waals surface area contributed by atoms with Gasteiger partial charge in [-0.3, -0.25) is 15.0 Å². The Labute approximate surface area is 158 Å². The van der Waals surface area contributed by atoms with Crippen molar-refractivity contribution in [3.05, 3.63) is 40.4 Å². The van der Waals surface area contributed by atoms with E-state index in [1.807, 2.05) is 18.4 Å². The largest absolute Gasteiger partial charge is 0.496 e. The van der Waals surface area contributed by atoms with Crippen LogP contribution in [-0.4, -0.2) is 48.2 Å². The van der Waals surface area contributed by atoms with Crippen molar-refractivity contribution in [3.63, 3.8) is 0 Å². The van der Waals surface area contributed by atoms with Gasteiger partial charge in [0.15, 0.2) is 5.13 Å². The van der Waals surface area contributed by atoms with Gasteiger partial charge in [-0.15, -0.1) is 11.3 Å². The van der Waals surface area contributed by atoms with E-state index in [1.165, 1.54) is 11.3 Å². The summed E-state index contributed by atoms with van der Waals surface area (Å²) in [7, 11) is 1.60. The van der Waals surface area contributed by atoms with Gasteiger partial charge in [-0.1, -0.05) is 6.07 Å². The Bertz CT molecular complexity index is 767. The summed E-state index contributed by atoms with van der Waals surface area (Å²) in [6.45, 7) is 8.68. The quantitative estimate of drug-likeness (QED) is 0.869. The van der Waals surface area contributed by atoms with E-state index in [0.29, 0.717) is 16.4 Å². The molecule has 1 aromatic heterocycles. The number of carbonyl (C=O) groups excluding carboxylic acids is 1. The third-order valence-corrected chi connectivity index (χ3v) is 5.13. The van der Waals surface area contributed by atoms with E-state index in [0.717, 1.165) is 30.9 Å². The van der Waals surface area contributed by atoms with Crippen LogP contribution in [-0.2, 0) is 11.3 Å². The lowest BCUT2D eigenvalue weighted by Crippen LogP contribution is -2.44. The fourth-order valence-electron chi connectivity index (χ4n) is 3.21. The number of thiazole rings is 1. The highest BCUT2D eigenvalue weighted by molar-refractivity contribution is 7.13. The van der Waals surface area contributed by atoms with Crippen LogP contribution in [0.2, 0.25) is 0 Å². The summed E-state index contributed by atoms with van der Waals surface area (Å²) in [5.74, 6) is 0.519. The lowest BCUT2D eigenvalue weighted by Gasteiger charge is -2.34. The van der Waals surface area contributed by atoms with Gasteiger partial charge in [0.25, 0.3) is 5.91 Å². The van der Waals surface area contributed by atoms with Gasteiger partial charge >= 0.3 is 0 Å². The number of methoxy groups -OCH3 is 1. The minimum atomic E-state index is -0.183. The Morgan fingerprint density at radius 1 is 1.38 bits per heavy atom. The van der Waals surface area contributed by atoms with E-state index in [1.54, 1.807) is 19.2 Å². The van der Waals surface area contributed by atoms with Crippen LogP contribution in [0.5, 0.6) is 5.75 Å². The molecule has 0 bridgehead atoms. The van der Waals surface area contributed by atoms with Gasteiger partial charge in [0.05, 0.1) is 25.0 Å². The first-order valence-corrected chi connectivity index (χ1v) is 9.60. The molecule has 6 nitrogen and oxygen atoms in total. The van der Waals surface area contributed by atoms with Crippen molar-refractivity contribution in [2.45, 2.75) is 39.5 Å². The van der Waals surface area contributed by atoms with E-state index >= 15 is 0 Å². The molecule has 1 amide bonds. The van der Waals surface area contributed by atoms with Crippen molar-refractivity contribution >= 4 is 22.4 Å². The molecule has 1 fully saturated rings. The molecule has 1 saturated heterocycles. The van der Waals surface area contributed by atoms with E-state index in [2.05, 4.69) is 29.0 Å². The number of hydrogen-bond acceptors (Lipinski definition) is 6.